The second kappa shape index (κ2) is 4.90. The van der Waals surface area contributed by atoms with E-state index in [4.69, 9.17) is 15.7 Å². The Hall–Kier alpha value is -2.06. The lowest BCUT2D eigenvalue weighted by Crippen LogP contribution is -2.08. The Morgan fingerprint density at radius 3 is 3.16 bits per heavy atom. The largest absolute Gasteiger partial charge is 0.381 e. The van der Waals surface area contributed by atoms with Crippen molar-refractivity contribution in [1.29, 1.82) is 5.26 Å². The van der Waals surface area contributed by atoms with E-state index < -0.39 is 0 Å². The predicted molar refractivity (Wildman–Crippen MR) is 72.4 cm³/mol. The maximum atomic E-state index is 9.08. The highest BCUT2D eigenvalue weighted by atomic mass is 16.5. The SMILES string of the molecule is N#Cc1cccc2c1nc(N)n2CCC1CCOC1. The fourth-order valence-electron chi connectivity index (χ4n) is 2.61. The molecule has 0 bridgehead atoms. The molecule has 1 atom stereocenters. The highest BCUT2D eigenvalue weighted by Crippen LogP contribution is 2.24. The predicted octanol–water partition coefficient (Wildman–Crippen LogP) is 1.92. The molecule has 0 spiro atoms. The van der Waals surface area contributed by atoms with Crippen molar-refractivity contribution >= 4 is 17.0 Å². The van der Waals surface area contributed by atoms with Crippen LogP contribution in [0.3, 0.4) is 0 Å². The van der Waals surface area contributed by atoms with Gasteiger partial charge in [-0.2, -0.15) is 5.26 Å². The molecule has 1 aliphatic heterocycles. The number of hydrogen-bond donors (Lipinski definition) is 1. The van der Waals surface area contributed by atoms with E-state index in [1.807, 2.05) is 16.7 Å². The zero-order valence-corrected chi connectivity index (χ0v) is 10.7. The van der Waals surface area contributed by atoms with Gasteiger partial charge in [0.1, 0.15) is 11.6 Å². The molecule has 1 aliphatic rings. The number of hydrogen-bond acceptors (Lipinski definition) is 4. The molecule has 1 unspecified atom stereocenters. The number of ether oxygens (including phenoxy) is 1. The molecule has 0 aliphatic carbocycles. The van der Waals surface area contributed by atoms with Crippen LogP contribution >= 0.6 is 0 Å². The molecule has 5 heteroatoms. The van der Waals surface area contributed by atoms with Crippen LogP contribution in [0.4, 0.5) is 5.95 Å². The van der Waals surface area contributed by atoms with Crippen LogP contribution in [0.2, 0.25) is 0 Å². The van der Waals surface area contributed by atoms with Gasteiger partial charge in [0, 0.05) is 19.8 Å². The number of nitrogen functional groups attached to an aromatic ring is 1. The lowest BCUT2D eigenvalue weighted by molar-refractivity contribution is 0.183. The molecule has 2 aromatic rings. The summed E-state index contributed by atoms with van der Waals surface area (Å²) in [6.45, 7) is 2.53. The van der Waals surface area contributed by atoms with Crippen molar-refractivity contribution in [1.82, 2.24) is 9.55 Å². The maximum Gasteiger partial charge on any atom is 0.201 e. The zero-order valence-electron chi connectivity index (χ0n) is 10.7. The maximum absolute atomic E-state index is 9.08. The van der Waals surface area contributed by atoms with Gasteiger partial charge in [0.05, 0.1) is 11.1 Å². The van der Waals surface area contributed by atoms with Gasteiger partial charge in [0.15, 0.2) is 0 Å². The van der Waals surface area contributed by atoms with Crippen molar-refractivity contribution in [2.45, 2.75) is 19.4 Å². The number of aromatic nitrogens is 2. The van der Waals surface area contributed by atoms with Crippen molar-refractivity contribution in [2.24, 2.45) is 5.92 Å². The van der Waals surface area contributed by atoms with Crippen molar-refractivity contribution in [3.05, 3.63) is 23.8 Å². The molecule has 5 nitrogen and oxygen atoms in total. The summed E-state index contributed by atoms with van der Waals surface area (Å²) >= 11 is 0. The first kappa shape index (κ1) is 12.0. The molecule has 1 saturated heterocycles. The van der Waals surface area contributed by atoms with Gasteiger partial charge in [-0.3, -0.25) is 0 Å². The van der Waals surface area contributed by atoms with E-state index in [0.29, 0.717) is 22.9 Å². The summed E-state index contributed by atoms with van der Waals surface area (Å²) in [7, 11) is 0. The Balaban J connectivity index is 1.90. The molecular formula is C14H16N4O. The summed E-state index contributed by atoms with van der Waals surface area (Å²) in [4.78, 5) is 4.32. The van der Waals surface area contributed by atoms with Gasteiger partial charge in [0.2, 0.25) is 5.95 Å². The van der Waals surface area contributed by atoms with E-state index >= 15 is 0 Å². The standard InChI is InChI=1S/C14H16N4O/c15-8-11-2-1-3-12-13(11)17-14(16)18(12)6-4-10-5-7-19-9-10/h1-3,10H,4-7,9H2,(H2,16,17). The Kier molecular flexibility index (Phi) is 3.10. The number of rotatable bonds is 3. The van der Waals surface area contributed by atoms with Crippen LogP contribution in [0.5, 0.6) is 0 Å². The van der Waals surface area contributed by atoms with Crippen molar-refractivity contribution < 1.29 is 4.74 Å². The molecule has 0 saturated carbocycles. The minimum absolute atomic E-state index is 0.483. The highest BCUT2D eigenvalue weighted by molar-refractivity contribution is 5.83. The minimum atomic E-state index is 0.483. The number of nitrogens with zero attached hydrogens (tertiary/aromatic N) is 3. The van der Waals surface area contributed by atoms with Crippen molar-refractivity contribution in [3.63, 3.8) is 0 Å². The van der Waals surface area contributed by atoms with Gasteiger partial charge >= 0.3 is 0 Å². The van der Waals surface area contributed by atoms with E-state index in [1.165, 1.54) is 0 Å². The Morgan fingerprint density at radius 1 is 1.53 bits per heavy atom. The molecule has 98 valence electrons. The molecule has 1 fully saturated rings. The molecule has 1 aromatic carbocycles. The van der Waals surface area contributed by atoms with Gasteiger partial charge in [-0.25, -0.2) is 4.98 Å². The monoisotopic (exact) mass is 256 g/mol. The Bertz CT molecular complexity index is 635. The van der Waals surface area contributed by atoms with Gasteiger partial charge < -0.3 is 15.0 Å². The van der Waals surface area contributed by atoms with Crippen LogP contribution in [0.15, 0.2) is 18.2 Å². The second-order valence-corrected chi connectivity index (χ2v) is 4.93. The Labute approximate surface area is 111 Å². The summed E-state index contributed by atoms with van der Waals surface area (Å²) in [6, 6.07) is 7.76. The van der Waals surface area contributed by atoms with Crippen LogP contribution in [0, 0.1) is 17.2 Å². The normalized spacial score (nSPS) is 18.8. The summed E-state index contributed by atoms with van der Waals surface area (Å²) < 4.78 is 7.38. The second-order valence-electron chi connectivity index (χ2n) is 4.93. The molecule has 2 N–H and O–H groups in total. The summed E-state index contributed by atoms with van der Waals surface area (Å²) in [5.41, 5.74) is 8.19. The summed E-state index contributed by atoms with van der Waals surface area (Å²) in [5.74, 6) is 1.09. The van der Waals surface area contributed by atoms with Crippen LogP contribution in [-0.4, -0.2) is 22.8 Å². The topological polar surface area (TPSA) is 76.9 Å². The van der Waals surface area contributed by atoms with Gasteiger partial charge in [0.25, 0.3) is 0 Å². The number of nitriles is 1. The average molecular weight is 256 g/mol. The highest BCUT2D eigenvalue weighted by Gasteiger charge is 2.17. The molecule has 1 aromatic heterocycles. The third kappa shape index (κ3) is 2.15. The molecule has 19 heavy (non-hydrogen) atoms. The number of anilines is 1. The number of nitrogens with two attached hydrogens (primary N) is 1. The third-order valence-corrected chi connectivity index (χ3v) is 3.71. The molecule has 3 rings (SSSR count). The van der Waals surface area contributed by atoms with Gasteiger partial charge in [-0.15, -0.1) is 0 Å². The van der Waals surface area contributed by atoms with Crippen LogP contribution in [0.1, 0.15) is 18.4 Å². The van der Waals surface area contributed by atoms with E-state index in [9.17, 15) is 0 Å². The number of fused-ring (bicyclic) bond motifs is 1. The minimum Gasteiger partial charge on any atom is -0.381 e. The van der Waals surface area contributed by atoms with Gasteiger partial charge in [-0.1, -0.05) is 6.07 Å². The summed E-state index contributed by atoms with van der Waals surface area (Å²) in [5, 5.41) is 9.08. The average Bonchev–Trinajstić information content (AvgIpc) is 3.03. The fourth-order valence-corrected chi connectivity index (χ4v) is 2.61. The van der Waals surface area contributed by atoms with Crippen LogP contribution in [0.25, 0.3) is 11.0 Å². The van der Waals surface area contributed by atoms with Crippen molar-refractivity contribution in [2.75, 3.05) is 18.9 Å². The molecule has 2 heterocycles. The quantitative estimate of drug-likeness (QED) is 0.910. The summed E-state index contributed by atoms with van der Waals surface area (Å²) in [6.07, 6.45) is 2.16. The first-order chi connectivity index (χ1) is 9.29. The van der Waals surface area contributed by atoms with Crippen molar-refractivity contribution in [3.8, 4) is 6.07 Å². The van der Waals surface area contributed by atoms with Crippen LogP contribution < -0.4 is 5.73 Å². The van der Waals surface area contributed by atoms with E-state index in [2.05, 4.69) is 11.1 Å². The molecular weight excluding hydrogens is 240 g/mol. The number of para-hydroxylation sites is 1. The van der Waals surface area contributed by atoms with E-state index in [0.717, 1.165) is 38.1 Å². The lowest BCUT2D eigenvalue weighted by Gasteiger charge is -2.10. The first-order valence-corrected chi connectivity index (χ1v) is 6.52. The van der Waals surface area contributed by atoms with E-state index in [1.54, 1.807) is 6.07 Å². The third-order valence-electron chi connectivity index (χ3n) is 3.71. The fraction of sp³-hybridized carbons (Fsp3) is 0.429. The smallest absolute Gasteiger partial charge is 0.201 e. The van der Waals surface area contributed by atoms with Gasteiger partial charge in [-0.05, 0) is 30.9 Å². The first-order valence-electron chi connectivity index (χ1n) is 6.52. The lowest BCUT2D eigenvalue weighted by atomic mass is 10.1. The number of imidazole rings is 1. The Morgan fingerprint density at radius 2 is 2.42 bits per heavy atom. The molecule has 0 radical (unpaired) electrons. The van der Waals surface area contributed by atoms with Crippen LogP contribution in [-0.2, 0) is 11.3 Å². The number of aryl methyl sites for hydroxylation is 1. The van der Waals surface area contributed by atoms with E-state index in [-0.39, 0.29) is 0 Å². The molecule has 0 amide bonds. The number of benzene rings is 1. The zero-order chi connectivity index (χ0) is 13.2.